The number of carbonyl (C=O) groups excluding carboxylic acids is 1. The first-order valence-electron chi connectivity index (χ1n) is 7.39. The van der Waals surface area contributed by atoms with Crippen LogP contribution in [0, 0.1) is 17.0 Å². The van der Waals surface area contributed by atoms with Gasteiger partial charge in [-0.15, -0.1) is 0 Å². The molecule has 0 aliphatic carbocycles. The Morgan fingerprint density at radius 3 is 2.54 bits per heavy atom. The monoisotopic (exact) mass is 346 g/mol. The molecule has 126 valence electrons. The topological polar surface area (TPSA) is 89.3 Å². The molecule has 0 aliphatic rings. The van der Waals surface area contributed by atoms with Crippen molar-refractivity contribution in [2.24, 2.45) is 0 Å². The smallest absolute Gasteiger partial charge is 0.269 e. The van der Waals surface area contributed by atoms with Gasteiger partial charge in [0.25, 0.3) is 11.6 Å². The van der Waals surface area contributed by atoms with Crippen LogP contribution in [0.25, 0.3) is 0 Å². The maximum absolute atomic E-state index is 12.1. The molecule has 0 fully saturated rings. The van der Waals surface area contributed by atoms with E-state index in [0.717, 1.165) is 5.56 Å². The quantitative estimate of drug-likeness (QED) is 0.616. The van der Waals surface area contributed by atoms with E-state index in [1.54, 1.807) is 6.92 Å². The number of carbonyl (C=O) groups is 1. The second-order valence-corrected chi connectivity index (χ2v) is 6.86. The summed E-state index contributed by atoms with van der Waals surface area (Å²) < 4.78 is 12.0. The van der Waals surface area contributed by atoms with E-state index >= 15 is 0 Å². The van der Waals surface area contributed by atoms with Gasteiger partial charge in [-0.2, -0.15) is 0 Å². The first-order chi connectivity index (χ1) is 11.5. The number of nitrogens with one attached hydrogen (secondary N) is 1. The van der Waals surface area contributed by atoms with Gasteiger partial charge in [0.15, 0.2) is 0 Å². The number of nitrogens with zero attached hydrogens (tertiary/aromatic N) is 1. The maximum atomic E-state index is 12.1. The van der Waals surface area contributed by atoms with E-state index in [-0.39, 0.29) is 18.1 Å². The number of non-ortho nitro benzene ring substituents is 1. The Balaban J connectivity index is 1.85. The van der Waals surface area contributed by atoms with Crippen molar-refractivity contribution >= 4 is 22.4 Å². The van der Waals surface area contributed by atoms with Gasteiger partial charge in [-0.1, -0.05) is 30.3 Å². The average molecular weight is 346 g/mol. The van der Waals surface area contributed by atoms with Gasteiger partial charge in [-0.05, 0) is 24.1 Å². The third-order valence-corrected chi connectivity index (χ3v) is 4.77. The van der Waals surface area contributed by atoms with E-state index in [1.165, 1.54) is 18.2 Å². The Morgan fingerprint density at radius 1 is 1.21 bits per heavy atom. The van der Waals surface area contributed by atoms with Crippen LogP contribution < -0.4 is 5.32 Å². The molecule has 0 heterocycles. The number of amides is 1. The second-order valence-electron chi connectivity index (χ2n) is 5.29. The van der Waals surface area contributed by atoms with Gasteiger partial charge in [-0.25, -0.2) is 0 Å². The fourth-order valence-corrected chi connectivity index (χ4v) is 3.26. The largest absolute Gasteiger partial charge is 0.351 e. The van der Waals surface area contributed by atoms with Gasteiger partial charge in [0.1, 0.15) is 0 Å². The first-order valence-corrected chi connectivity index (χ1v) is 8.88. The van der Waals surface area contributed by atoms with Gasteiger partial charge in [0.2, 0.25) is 0 Å². The number of hydrogen-bond acceptors (Lipinski definition) is 4. The summed E-state index contributed by atoms with van der Waals surface area (Å²) in [6, 6.07) is 13.6. The lowest BCUT2D eigenvalue weighted by atomic mass is 10.1. The minimum Gasteiger partial charge on any atom is -0.351 e. The highest BCUT2D eigenvalue weighted by atomic mass is 32.2. The molecule has 0 aliphatic heterocycles. The Morgan fingerprint density at radius 2 is 1.92 bits per heavy atom. The van der Waals surface area contributed by atoms with Crippen molar-refractivity contribution in [2.45, 2.75) is 12.7 Å². The van der Waals surface area contributed by atoms with Crippen molar-refractivity contribution in [3.8, 4) is 0 Å². The third kappa shape index (κ3) is 4.99. The van der Waals surface area contributed by atoms with E-state index in [0.29, 0.717) is 22.6 Å². The van der Waals surface area contributed by atoms with Crippen molar-refractivity contribution in [3.05, 3.63) is 75.3 Å². The van der Waals surface area contributed by atoms with E-state index in [2.05, 4.69) is 5.32 Å². The van der Waals surface area contributed by atoms with E-state index in [1.807, 2.05) is 30.3 Å². The summed E-state index contributed by atoms with van der Waals surface area (Å²) in [5.41, 5.74) is 1.86. The highest BCUT2D eigenvalue weighted by Gasteiger charge is 2.13. The van der Waals surface area contributed by atoms with Crippen molar-refractivity contribution in [3.63, 3.8) is 0 Å². The van der Waals surface area contributed by atoms with E-state index in [4.69, 9.17) is 0 Å². The molecule has 6 nitrogen and oxygen atoms in total. The van der Waals surface area contributed by atoms with E-state index < -0.39 is 15.7 Å². The standard InChI is InChI=1S/C17H18N2O4S/c1-13-11-15(19(21)22)7-8-16(13)17(20)18-9-10-24(23)12-14-5-3-2-4-6-14/h2-8,11H,9-10,12H2,1H3,(H,18,20). The Labute approximate surface area is 142 Å². The summed E-state index contributed by atoms with van der Waals surface area (Å²) in [6.07, 6.45) is 0. The molecule has 0 saturated heterocycles. The lowest BCUT2D eigenvalue weighted by Crippen LogP contribution is -2.28. The molecule has 0 spiro atoms. The zero-order valence-electron chi connectivity index (χ0n) is 13.2. The predicted octanol–water partition coefficient (Wildman–Crippen LogP) is 2.58. The van der Waals surface area contributed by atoms with Gasteiger partial charge in [0, 0.05) is 46.5 Å². The van der Waals surface area contributed by atoms with Crippen LogP contribution in [0.5, 0.6) is 0 Å². The molecule has 1 unspecified atom stereocenters. The molecule has 2 rings (SSSR count). The summed E-state index contributed by atoms with van der Waals surface area (Å²) in [6.45, 7) is 1.93. The molecule has 0 saturated carbocycles. The molecular weight excluding hydrogens is 328 g/mol. The molecule has 1 N–H and O–H groups in total. The fraction of sp³-hybridized carbons (Fsp3) is 0.235. The molecule has 0 bridgehead atoms. The third-order valence-electron chi connectivity index (χ3n) is 3.45. The summed E-state index contributed by atoms with van der Waals surface area (Å²) in [5.74, 6) is 0.485. The van der Waals surface area contributed by atoms with Gasteiger partial charge >= 0.3 is 0 Å². The highest BCUT2D eigenvalue weighted by Crippen LogP contribution is 2.17. The highest BCUT2D eigenvalue weighted by molar-refractivity contribution is 7.84. The normalized spacial score (nSPS) is 11.7. The minimum atomic E-state index is -1.06. The molecular formula is C17H18N2O4S. The van der Waals surface area contributed by atoms with Crippen LogP contribution in [-0.4, -0.2) is 27.3 Å². The number of aryl methyl sites for hydroxylation is 1. The minimum absolute atomic E-state index is 0.0481. The maximum Gasteiger partial charge on any atom is 0.269 e. The summed E-state index contributed by atoms with van der Waals surface area (Å²) in [5, 5.41) is 13.4. The van der Waals surface area contributed by atoms with Crippen LogP contribution in [0.3, 0.4) is 0 Å². The molecule has 2 aromatic rings. The lowest BCUT2D eigenvalue weighted by Gasteiger charge is -2.08. The van der Waals surface area contributed by atoms with Crippen molar-refractivity contribution in [2.75, 3.05) is 12.3 Å². The van der Waals surface area contributed by atoms with Crippen LogP contribution in [0.1, 0.15) is 21.5 Å². The molecule has 7 heteroatoms. The van der Waals surface area contributed by atoms with Gasteiger partial charge < -0.3 is 5.32 Å². The zero-order chi connectivity index (χ0) is 17.5. The molecule has 1 amide bonds. The van der Waals surface area contributed by atoms with Crippen molar-refractivity contribution < 1.29 is 13.9 Å². The molecule has 0 aromatic heterocycles. The zero-order valence-corrected chi connectivity index (χ0v) is 14.0. The van der Waals surface area contributed by atoms with Gasteiger partial charge in [-0.3, -0.25) is 19.1 Å². The predicted molar refractivity (Wildman–Crippen MR) is 93.3 cm³/mol. The van der Waals surface area contributed by atoms with Crippen LogP contribution in [-0.2, 0) is 16.6 Å². The Bertz CT molecular complexity index is 762. The Hall–Kier alpha value is -2.54. The number of nitro benzene ring substituents is 1. The summed E-state index contributed by atoms with van der Waals surface area (Å²) in [4.78, 5) is 22.3. The number of rotatable bonds is 7. The summed E-state index contributed by atoms with van der Waals surface area (Å²) >= 11 is 0. The molecule has 24 heavy (non-hydrogen) atoms. The van der Waals surface area contributed by atoms with Crippen LogP contribution in [0.2, 0.25) is 0 Å². The van der Waals surface area contributed by atoms with Crippen molar-refractivity contribution in [1.29, 1.82) is 0 Å². The Kier molecular flexibility index (Phi) is 6.20. The SMILES string of the molecule is Cc1cc([N+](=O)[O-])ccc1C(=O)NCCS(=O)Cc1ccccc1. The van der Waals surface area contributed by atoms with E-state index in [9.17, 15) is 19.1 Å². The van der Waals surface area contributed by atoms with Crippen LogP contribution in [0.4, 0.5) is 5.69 Å². The lowest BCUT2D eigenvalue weighted by molar-refractivity contribution is -0.384. The number of hydrogen-bond donors (Lipinski definition) is 1. The van der Waals surface area contributed by atoms with Crippen LogP contribution >= 0.6 is 0 Å². The first kappa shape index (κ1) is 17.8. The summed E-state index contributed by atoms with van der Waals surface area (Å²) in [7, 11) is -1.06. The average Bonchev–Trinajstić information content (AvgIpc) is 2.55. The fourth-order valence-electron chi connectivity index (χ4n) is 2.22. The number of benzene rings is 2. The van der Waals surface area contributed by atoms with Crippen molar-refractivity contribution in [1.82, 2.24) is 5.32 Å². The molecule has 2 aromatic carbocycles. The van der Waals surface area contributed by atoms with Crippen LogP contribution in [0.15, 0.2) is 48.5 Å². The second kappa shape index (κ2) is 8.35. The molecule has 1 atom stereocenters. The number of nitro groups is 1. The molecule has 0 radical (unpaired) electrons. The van der Waals surface area contributed by atoms with Gasteiger partial charge in [0.05, 0.1) is 4.92 Å².